The van der Waals surface area contributed by atoms with Crippen molar-refractivity contribution in [3.8, 4) is 0 Å². The van der Waals surface area contributed by atoms with Crippen LogP contribution in [0.4, 0.5) is 4.39 Å². The van der Waals surface area contributed by atoms with Gasteiger partial charge in [0.2, 0.25) is 0 Å². The minimum absolute atomic E-state index is 0.0413. The summed E-state index contributed by atoms with van der Waals surface area (Å²) in [5.41, 5.74) is -2.77. The normalized spacial score (nSPS) is 32.8. The van der Waals surface area contributed by atoms with E-state index in [1.165, 1.54) is 0 Å². The number of nitrogens with one attached hydrogen (secondary N) is 1. The van der Waals surface area contributed by atoms with Gasteiger partial charge in [0.15, 0.2) is 18.4 Å². The second-order valence-electron chi connectivity index (χ2n) is 8.90. The lowest BCUT2D eigenvalue weighted by atomic mass is 9.95. The highest BCUT2D eigenvalue weighted by atomic mass is 19.2. The van der Waals surface area contributed by atoms with E-state index in [1.54, 1.807) is 0 Å². The fourth-order valence-electron chi connectivity index (χ4n) is 4.83. The van der Waals surface area contributed by atoms with E-state index in [1.807, 2.05) is 4.98 Å². The molecule has 4 rings (SSSR count). The molecule has 0 spiro atoms. The maximum Gasteiger partial charge on any atom is 0.338 e. The predicted octanol–water partition coefficient (Wildman–Crippen LogP) is 0.658. The van der Waals surface area contributed by atoms with Crippen LogP contribution in [0.15, 0.2) is 21.9 Å². The molecule has 178 valence electrons. The maximum atomic E-state index is 15.4. The standard InChI is InChI=1S/C21H29FN2O8/c22-21(16(27)15(26)17(32-21)24-11-8-14(25)23-19(24)29)12-30-18(28)20(9-4-5-10-20)31-13-6-2-1-3-7-13/h8,11,13,15-17,26-27H,1-7,9-10,12H2,(H,23,25,29)/t15-,16+,17-,21-/m1/s1. The smallest absolute Gasteiger partial charge is 0.338 e. The van der Waals surface area contributed by atoms with E-state index >= 15 is 4.39 Å². The first-order valence-corrected chi connectivity index (χ1v) is 11.1. The summed E-state index contributed by atoms with van der Waals surface area (Å²) >= 11 is 0. The third kappa shape index (κ3) is 4.39. The molecule has 3 N–H and O–H groups in total. The first-order chi connectivity index (χ1) is 15.2. The van der Waals surface area contributed by atoms with E-state index in [-0.39, 0.29) is 6.10 Å². The Balaban J connectivity index is 1.45. The molecule has 1 aromatic heterocycles. The molecule has 0 bridgehead atoms. The van der Waals surface area contributed by atoms with Gasteiger partial charge in [-0.1, -0.05) is 19.3 Å². The van der Waals surface area contributed by atoms with Gasteiger partial charge in [-0.2, -0.15) is 0 Å². The van der Waals surface area contributed by atoms with E-state index in [0.29, 0.717) is 12.8 Å². The van der Waals surface area contributed by atoms with E-state index in [9.17, 15) is 24.6 Å². The van der Waals surface area contributed by atoms with Gasteiger partial charge in [0.1, 0.15) is 12.2 Å². The molecule has 3 aliphatic rings. The van der Waals surface area contributed by atoms with Crippen molar-refractivity contribution >= 4 is 5.97 Å². The van der Waals surface area contributed by atoms with E-state index in [2.05, 4.69) is 0 Å². The van der Waals surface area contributed by atoms with Crippen LogP contribution in [0.5, 0.6) is 0 Å². The van der Waals surface area contributed by atoms with Crippen molar-refractivity contribution in [3.05, 3.63) is 33.1 Å². The molecule has 0 radical (unpaired) electrons. The summed E-state index contributed by atoms with van der Waals surface area (Å²) < 4.78 is 32.7. The summed E-state index contributed by atoms with van der Waals surface area (Å²) in [5.74, 6) is -3.66. The van der Waals surface area contributed by atoms with Gasteiger partial charge in [0.05, 0.1) is 6.10 Å². The van der Waals surface area contributed by atoms with Gasteiger partial charge in [0.25, 0.3) is 11.4 Å². The van der Waals surface area contributed by atoms with Crippen molar-refractivity contribution in [1.82, 2.24) is 9.55 Å². The number of aliphatic hydroxyl groups is 2. The summed E-state index contributed by atoms with van der Waals surface area (Å²) in [6, 6.07) is 0.995. The Kier molecular flexibility index (Phi) is 6.53. The van der Waals surface area contributed by atoms with Crippen LogP contribution in [0.2, 0.25) is 0 Å². The summed E-state index contributed by atoms with van der Waals surface area (Å²) in [6.07, 6.45) is 2.92. The number of ether oxygens (including phenoxy) is 3. The first kappa shape index (κ1) is 23.1. The molecule has 1 saturated heterocycles. The van der Waals surface area contributed by atoms with Crippen LogP contribution >= 0.6 is 0 Å². The molecule has 1 aromatic rings. The Labute approximate surface area is 183 Å². The molecule has 2 saturated carbocycles. The molecule has 2 heterocycles. The minimum atomic E-state index is -2.94. The van der Waals surface area contributed by atoms with Gasteiger partial charge >= 0.3 is 11.7 Å². The number of carbonyl (C=O) groups excluding carboxylic acids is 1. The van der Waals surface area contributed by atoms with Crippen LogP contribution in [0.1, 0.15) is 64.0 Å². The Bertz CT molecular complexity index is 936. The fourth-order valence-corrected chi connectivity index (χ4v) is 4.83. The molecule has 32 heavy (non-hydrogen) atoms. The van der Waals surface area contributed by atoms with Crippen LogP contribution in [-0.4, -0.2) is 62.1 Å². The van der Waals surface area contributed by atoms with Crippen molar-refractivity contribution in [2.75, 3.05) is 6.61 Å². The summed E-state index contributed by atoms with van der Waals surface area (Å²) in [7, 11) is 0. The average molecular weight is 456 g/mol. The maximum absolute atomic E-state index is 15.4. The van der Waals surface area contributed by atoms with E-state index in [4.69, 9.17) is 14.2 Å². The van der Waals surface area contributed by atoms with E-state index < -0.39 is 53.7 Å². The summed E-state index contributed by atoms with van der Waals surface area (Å²) in [5, 5.41) is 20.5. The lowest BCUT2D eigenvalue weighted by molar-refractivity contribution is -0.227. The number of alkyl halides is 1. The minimum Gasteiger partial charge on any atom is -0.457 e. The van der Waals surface area contributed by atoms with Gasteiger partial charge in [-0.25, -0.2) is 14.0 Å². The Morgan fingerprint density at radius 3 is 2.53 bits per heavy atom. The molecule has 0 amide bonds. The SMILES string of the molecule is O=C(OC[C@@]1(F)O[C@@H](n2ccc(=O)[nH]c2=O)[C@H](O)[C@@H]1O)C1(OC2CCCCC2)CCCC1. The third-order valence-electron chi connectivity index (χ3n) is 6.63. The van der Waals surface area contributed by atoms with Crippen LogP contribution in [0.3, 0.4) is 0 Å². The first-order valence-electron chi connectivity index (χ1n) is 11.1. The van der Waals surface area contributed by atoms with Crippen LogP contribution in [0.25, 0.3) is 0 Å². The predicted molar refractivity (Wildman–Crippen MR) is 107 cm³/mol. The van der Waals surface area contributed by atoms with E-state index in [0.717, 1.165) is 61.8 Å². The number of H-pyrrole nitrogens is 1. The highest BCUT2D eigenvalue weighted by molar-refractivity contribution is 5.80. The van der Waals surface area contributed by atoms with Crippen molar-refractivity contribution < 1.29 is 33.6 Å². The second-order valence-corrected chi connectivity index (χ2v) is 8.90. The number of carbonyl (C=O) groups is 1. The lowest BCUT2D eigenvalue weighted by Gasteiger charge is -2.34. The summed E-state index contributed by atoms with van der Waals surface area (Å²) in [6.45, 7) is -0.978. The molecule has 1 aliphatic heterocycles. The lowest BCUT2D eigenvalue weighted by Crippen LogP contribution is -2.48. The zero-order chi connectivity index (χ0) is 22.9. The number of rotatable bonds is 6. The average Bonchev–Trinajstić information content (AvgIpc) is 3.33. The number of aromatic amines is 1. The number of aromatic nitrogens is 2. The molecule has 10 nitrogen and oxygen atoms in total. The van der Waals surface area contributed by atoms with Gasteiger partial charge in [-0.3, -0.25) is 14.3 Å². The third-order valence-corrected chi connectivity index (χ3v) is 6.63. The Morgan fingerprint density at radius 1 is 1.19 bits per heavy atom. The fraction of sp³-hybridized carbons (Fsp3) is 0.762. The van der Waals surface area contributed by atoms with Crippen LogP contribution in [-0.2, 0) is 19.0 Å². The van der Waals surface area contributed by atoms with Crippen LogP contribution < -0.4 is 11.2 Å². The Hall–Kier alpha value is -2.08. The number of hydrogen-bond acceptors (Lipinski definition) is 8. The molecule has 4 atom stereocenters. The number of halogens is 1. The zero-order valence-electron chi connectivity index (χ0n) is 17.7. The second kappa shape index (κ2) is 9.05. The molecule has 0 aromatic carbocycles. The molecular weight excluding hydrogens is 427 g/mol. The number of hydrogen-bond donors (Lipinski definition) is 3. The molecular formula is C21H29FN2O8. The highest BCUT2D eigenvalue weighted by Crippen LogP contribution is 2.41. The Morgan fingerprint density at radius 2 is 1.88 bits per heavy atom. The van der Waals surface area contributed by atoms with Crippen molar-refractivity contribution in [2.24, 2.45) is 0 Å². The molecule has 0 unspecified atom stereocenters. The number of aliphatic hydroxyl groups excluding tert-OH is 2. The van der Waals surface area contributed by atoms with Gasteiger partial charge in [-0.05, 0) is 38.5 Å². The van der Waals surface area contributed by atoms with Gasteiger partial charge in [0, 0.05) is 12.3 Å². The number of nitrogens with zero attached hydrogens (tertiary/aromatic N) is 1. The number of esters is 1. The largest absolute Gasteiger partial charge is 0.457 e. The van der Waals surface area contributed by atoms with Crippen molar-refractivity contribution in [1.29, 1.82) is 0 Å². The monoisotopic (exact) mass is 456 g/mol. The van der Waals surface area contributed by atoms with Crippen molar-refractivity contribution in [3.63, 3.8) is 0 Å². The molecule has 11 heteroatoms. The quantitative estimate of drug-likeness (QED) is 0.531. The molecule has 2 aliphatic carbocycles. The zero-order valence-corrected chi connectivity index (χ0v) is 17.7. The van der Waals surface area contributed by atoms with Crippen LogP contribution in [0, 0.1) is 0 Å². The van der Waals surface area contributed by atoms with Gasteiger partial charge in [-0.15, -0.1) is 0 Å². The van der Waals surface area contributed by atoms with Crippen molar-refractivity contribution in [2.45, 2.75) is 93.8 Å². The molecule has 3 fully saturated rings. The highest BCUT2D eigenvalue weighted by Gasteiger charge is 2.58. The summed E-state index contributed by atoms with van der Waals surface area (Å²) in [4.78, 5) is 38.1. The topological polar surface area (TPSA) is 140 Å². The van der Waals surface area contributed by atoms with Gasteiger partial charge < -0.3 is 24.4 Å².